The van der Waals surface area contributed by atoms with Crippen LogP contribution in [0.1, 0.15) is 112 Å². The largest absolute Gasteiger partial charge is 0.393 e. The lowest BCUT2D eigenvalue weighted by molar-refractivity contribution is 0.0131. The molecule has 4 rings (SSSR count). The van der Waals surface area contributed by atoms with Crippen molar-refractivity contribution in [1.82, 2.24) is 0 Å². The molecule has 1 nitrogen and oxygen atoms in total. The average Bonchev–Trinajstić information content (AvgIpc) is 3.03. The first-order valence-electron chi connectivity index (χ1n) is 13.1. The number of aliphatic hydroxyl groups is 1. The molecule has 2 saturated carbocycles. The highest BCUT2D eigenvalue weighted by molar-refractivity contribution is 5.34. The predicted octanol–water partition coefficient (Wildman–Crippen LogP) is 7.78. The van der Waals surface area contributed by atoms with Crippen LogP contribution in [-0.4, -0.2) is 11.2 Å². The van der Waals surface area contributed by atoms with E-state index in [0.29, 0.717) is 10.8 Å². The Hall–Kier alpha value is -0.300. The van der Waals surface area contributed by atoms with E-state index in [0.717, 1.165) is 48.3 Å². The summed E-state index contributed by atoms with van der Waals surface area (Å²) in [5, 5.41) is 10.3. The van der Waals surface area contributed by atoms with E-state index in [1.165, 1.54) is 57.8 Å². The van der Waals surface area contributed by atoms with Gasteiger partial charge in [-0.3, -0.25) is 0 Å². The van der Waals surface area contributed by atoms with E-state index in [1.807, 2.05) is 11.1 Å². The molecule has 1 heteroatoms. The lowest BCUT2D eigenvalue weighted by Crippen LogP contribution is -2.45. The van der Waals surface area contributed by atoms with Crippen molar-refractivity contribution in [3.8, 4) is 0 Å². The molecular weight excluding hydrogens is 352 g/mol. The minimum Gasteiger partial charge on any atom is -0.393 e. The van der Waals surface area contributed by atoms with Crippen LogP contribution in [0, 0.1) is 46.3 Å². The Morgan fingerprint density at radius 3 is 2.41 bits per heavy atom. The summed E-state index contributed by atoms with van der Waals surface area (Å²) in [6.07, 6.45) is 14.5. The molecule has 0 spiro atoms. The molecule has 1 N–H and O–H groups in total. The van der Waals surface area contributed by atoms with Gasteiger partial charge in [-0.1, -0.05) is 65.5 Å². The third-order valence-corrected chi connectivity index (χ3v) is 10.9. The van der Waals surface area contributed by atoms with E-state index in [9.17, 15) is 5.11 Å². The zero-order valence-corrected chi connectivity index (χ0v) is 20.3. The van der Waals surface area contributed by atoms with Crippen LogP contribution >= 0.6 is 0 Å². The van der Waals surface area contributed by atoms with Gasteiger partial charge in [-0.05, 0) is 104 Å². The molecule has 0 amide bonds. The highest BCUT2D eigenvalue weighted by Crippen LogP contribution is 2.66. The first-order chi connectivity index (χ1) is 13.7. The van der Waals surface area contributed by atoms with Crippen LogP contribution < -0.4 is 0 Å². The molecule has 4 aliphatic rings. The molecule has 4 aliphatic carbocycles. The highest BCUT2D eigenvalue weighted by atomic mass is 16.3. The van der Waals surface area contributed by atoms with Crippen molar-refractivity contribution in [2.45, 2.75) is 118 Å². The van der Waals surface area contributed by atoms with E-state index in [1.54, 1.807) is 0 Å². The van der Waals surface area contributed by atoms with E-state index >= 15 is 0 Å². The third kappa shape index (κ3) is 3.66. The Kier molecular flexibility index (Phi) is 6.04. The van der Waals surface area contributed by atoms with Crippen molar-refractivity contribution in [3.05, 3.63) is 11.1 Å². The monoisotopic (exact) mass is 400 g/mol. The van der Waals surface area contributed by atoms with Gasteiger partial charge in [0, 0.05) is 0 Å². The standard InChI is InChI=1S/C28H48O/c1-18(2)19(3)7-8-20(4)24-11-12-25-23-10-9-21-17-22(29)13-15-27(21,5)26(23)14-16-28(24,25)6/h18-22,24-25,29H,7-17H2,1-6H3/t19?,20?,21-,22-,24?,25?,27?,28?/m0/s1. The Morgan fingerprint density at radius 2 is 1.69 bits per heavy atom. The Morgan fingerprint density at radius 1 is 0.931 bits per heavy atom. The molecule has 0 saturated heterocycles. The second-order valence-corrected chi connectivity index (χ2v) is 12.6. The third-order valence-electron chi connectivity index (χ3n) is 10.9. The molecule has 166 valence electrons. The molecule has 8 atom stereocenters. The zero-order chi connectivity index (χ0) is 21.0. The van der Waals surface area contributed by atoms with Crippen LogP contribution in [0.5, 0.6) is 0 Å². The van der Waals surface area contributed by atoms with Gasteiger partial charge in [-0.2, -0.15) is 0 Å². The number of aliphatic hydroxyl groups excluding tert-OH is 1. The number of hydrogen-bond donors (Lipinski definition) is 1. The fourth-order valence-electron chi connectivity index (χ4n) is 8.47. The molecular formula is C28H48O. The normalized spacial score (nSPS) is 44.3. The van der Waals surface area contributed by atoms with Crippen molar-refractivity contribution in [2.75, 3.05) is 0 Å². The van der Waals surface area contributed by atoms with Gasteiger partial charge < -0.3 is 5.11 Å². The SMILES string of the molecule is CC(C)C(C)CCC(C)C1CCC2C3=C(CCC21C)C1(C)CC[C@H](O)C[C@@H]1CC3. The first kappa shape index (κ1) is 21.9. The lowest BCUT2D eigenvalue weighted by atomic mass is 9.50. The summed E-state index contributed by atoms with van der Waals surface area (Å²) in [7, 11) is 0. The summed E-state index contributed by atoms with van der Waals surface area (Å²) < 4.78 is 0. The molecule has 0 aromatic rings. The second-order valence-electron chi connectivity index (χ2n) is 12.6. The van der Waals surface area contributed by atoms with Gasteiger partial charge >= 0.3 is 0 Å². The van der Waals surface area contributed by atoms with Crippen molar-refractivity contribution in [3.63, 3.8) is 0 Å². The molecule has 0 heterocycles. The van der Waals surface area contributed by atoms with Gasteiger partial charge in [0.15, 0.2) is 0 Å². The van der Waals surface area contributed by atoms with Crippen LogP contribution in [0.15, 0.2) is 11.1 Å². The summed E-state index contributed by atoms with van der Waals surface area (Å²) in [6, 6.07) is 0. The fourth-order valence-corrected chi connectivity index (χ4v) is 8.47. The van der Waals surface area contributed by atoms with Gasteiger partial charge in [0.25, 0.3) is 0 Å². The lowest BCUT2D eigenvalue weighted by Gasteiger charge is -2.55. The van der Waals surface area contributed by atoms with Gasteiger partial charge in [0.05, 0.1) is 6.10 Å². The van der Waals surface area contributed by atoms with Gasteiger partial charge in [-0.25, -0.2) is 0 Å². The summed E-state index contributed by atoms with van der Waals surface area (Å²) in [4.78, 5) is 0. The minimum atomic E-state index is -0.0333. The van der Waals surface area contributed by atoms with Gasteiger partial charge in [0.2, 0.25) is 0 Å². The van der Waals surface area contributed by atoms with Crippen molar-refractivity contribution in [2.24, 2.45) is 46.3 Å². The summed E-state index contributed by atoms with van der Waals surface area (Å²) in [5.41, 5.74) is 4.75. The Balaban J connectivity index is 1.52. The van der Waals surface area contributed by atoms with Crippen LogP contribution in [0.25, 0.3) is 0 Å². The predicted molar refractivity (Wildman–Crippen MR) is 124 cm³/mol. The van der Waals surface area contributed by atoms with E-state index in [2.05, 4.69) is 41.5 Å². The van der Waals surface area contributed by atoms with Crippen molar-refractivity contribution in [1.29, 1.82) is 0 Å². The van der Waals surface area contributed by atoms with Crippen LogP contribution in [0.3, 0.4) is 0 Å². The maximum atomic E-state index is 10.3. The maximum Gasteiger partial charge on any atom is 0.0543 e. The van der Waals surface area contributed by atoms with Crippen LogP contribution in [-0.2, 0) is 0 Å². The minimum absolute atomic E-state index is 0.0333. The highest BCUT2D eigenvalue weighted by Gasteiger charge is 2.55. The summed E-state index contributed by atoms with van der Waals surface area (Å²) in [6.45, 7) is 15.1. The molecule has 2 fully saturated rings. The smallest absolute Gasteiger partial charge is 0.0543 e. The molecule has 0 aromatic carbocycles. The molecule has 0 aromatic heterocycles. The van der Waals surface area contributed by atoms with Crippen molar-refractivity contribution >= 4 is 0 Å². The quantitative estimate of drug-likeness (QED) is 0.467. The maximum absolute atomic E-state index is 10.3. The van der Waals surface area contributed by atoms with E-state index < -0.39 is 0 Å². The summed E-state index contributed by atoms with van der Waals surface area (Å²) >= 11 is 0. The number of hydrogen-bond acceptors (Lipinski definition) is 1. The molecule has 0 radical (unpaired) electrons. The average molecular weight is 401 g/mol. The second kappa shape index (κ2) is 7.99. The summed E-state index contributed by atoms with van der Waals surface area (Å²) in [5.74, 6) is 5.10. The van der Waals surface area contributed by atoms with E-state index in [-0.39, 0.29) is 6.10 Å². The topological polar surface area (TPSA) is 20.2 Å². The number of allylic oxidation sites excluding steroid dienone is 2. The number of rotatable bonds is 5. The van der Waals surface area contributed by atoms with Crippen LogP contribution in [0.4, 0.5) is 0 Å². The fraction of sp³-hybridized carbons (Fsp3) is 0.929. The Bertz CT molecular complexity index is 632. The first-order valence-corrected chi connectivity index (χ1v) is 13.1. The molecule has 0 bridgehead atoms. The molecule has 29 heavy (non-hydrogen) atoms. The number of fused-ring (bicyclic) bond motifs is 4. The molecule has 6 unspecified atom stereocenters. The zero-order valence-electron chi connectivity index (χ0n) is 20.3. The Labute approximate surface area is 181 Å². The van der Waals surface area contributed by atoms with Crippen LogP contribution in [0.2, 0.25) is 0 Å². The van der Waals surface area contributed by atoms with Crippen molar-refractivity contribution < 1.29 is 5.11 Å². The van der Waals surface area contributed by atoms with Gasteiger partial charge in [0.1, 0.15) is 0 Å². The van der Waals surface area contributed by atoms with E-state index in [4.69, 9.17) is 0 Å². The van der Waals surface area contributed by atoms with Gasteiger partial charge in [-0.15, -0.1) is 0 Å². The molecule has 0 aliphatic heterocycles.